The van der Waals surface area contributed by atoms with Gasteiger partial charge in [-0.05, 0) is 42.5 Å². The molecule has 31 heavy (non-hydrogen) atoms. The van der Waals surface area contributed by atoms with Gasteiger partial charge in [-0.25, -0.2) is 15.0 Å². The van der Waals surface area contributed by atoms with E-state index in [1.54, 1.807) is 12.4 Å². The van der Waals surface area contributed by atoms with Crippen LogP contribution in [0.5, 0.6) is 0 Å². The molecule has 3 aromatic rings. The van der Waals surface area contributed by atoms with Gasteiger partial charge in [0.1, 0.15) is 0 Å². The summed E-state index contributed by atoms with van der Waals surface area (Å²) in [5.41, 5.74) is 9.00. The summed E-state index contributed by atoms with van der Waals surface area (Å²) in [6, 6.07) is 10.4. The van der Waals surface area contributed by atoms with Crippen molar-refractivity contribution in [1.82, 2.24) is 24.4 Å². The molecule has 0 spiro atoms. The van der Waals surface area contributed by atoms with Gasteiger partial charge >= 0.3 is 0 Å². The molecule has 1 amide bonds. The average molecular weight is 437 g/mol. The Morgan fingerprint density at radius 2 is 2.00 bits per heavy atom. The summed E-state index contributed by atoms with van der Waals surface area (Å²) < 4.78 is 2.03. The fraction of sp³-hybridized carbons (Fsp3) is 0.391. The van der Waals surface area contributed by atoms with Crippen molar-refractivity contribution >= 4 is 23.6 Å². The summed E-state index contributed by atoms with van der Waals surface area (Å²) >= 11 is 1.48. The van der Waals surface area contributed by atoms with Gasteiger partial charge in [0.05, 0.1) is 11.4 Å². The highest BCUT2D eigenvalue weighted by Gasteiger charge is 2.26. The van der Waals surface area contributed by atoms with Gasteiger partial charge in [0, 0.05) is 43.3 Å². The second-order valence-corrected chi connectivity index (χ2v) is 9.08. The first kappa shape index (κ1) is 21.4. The fourth-order valence-corrected chi connectivity index (χ4v) is 4.77. The largest absolute Gasteiger partial charge is 0.368 e. The number of anilines is 1. The summed E-state index contributed by atoms with van der Waals surface area (Å²) in [5, 5.41) is 0.822. The molecule has 2 aromatic heterocycles. The van der Waals surface area contributed by atoms with Gasteiger partial charge in [0.25, 0.3) is 0 Å². The van der Waals surface area contributed by atoms with E-state index in [1.807, 2.05) is 21.7 Å². The third-order valence-corrected chi connectivity index (χ3v) is 6.61. The van der Waals surface area contributed by atoms with Crippen LogP contribution < -0.4 is 5.73 Å². The van der Waals surface area contributed by atoms with E-state index in [2.05, 4.69) is 53.1 Å². The molecule has 0 aliphatic carbocycles. The molecule has 1 atom stereocenters. The van der Waals surface area contributed by atoms with Crippen LogP contribution >= 0.6 is 11.8 Å². The van der Waals surface area contributed by atoms with Crippen molar-refractivity contribution in [1.29, 1.82) is 0 Å². The van der Waals surface area contributed by atoms with Crippen LogP contribution in [0.3, 0.4) is 0 Å². The van der Waals surface area contributed by atoms with Gasteiger partial charge in [0.2, 0.25) is 11.9 Å². The van der Waals surface area contributed by atoms with E-state index in [-0.39, 0.29) is 17.8 Å². The minimum Gasteiger partial charge on any atom is -0.368 e. The highest BCUT2D eigenvalue weighted by atomic mass is 32.2. The van der Waals surface area contributed by atoms with Gasteiger partial charge in [0.15, 0.2) is 5.16 Å². The van der Waals surface area contributed by atoms with E-state index < -0.39 is 0 Å². The van der Waals surface area contributed by atoms with E-state index in [1.165, 1.54) is 17.3 Å². The summed E-state index contributed by atoms with van der Waals surface area (Å²) in [6.45, 7) is 5.82. The molecule has 1 aromatic carbocycles. The molecule has 162 valence electrons. The number of benzene rings is 1. The molecule has 8 heteroatoms. The molecule has 1 unspecified atom stereocenters. The quantitative estimate of drug-likeness (QED) is 0.590. The highest BCUT2D eigenvalue weighted by molar-refractivity contribution is 7.99. The molecule has 2 N–H and O–H groups in total. The Morgan fingerprint density at radius 1 is 1.19 bits per heavy atom. The zero-order valence-corrected chi connectivity index (χ0v) is 18.8. The molecule has 3 heterocycles. The van der Waals surface area contributed by atoms with Crippen LogP contribution in [0.15, 0.2) is 54.1 Å². The number of likely N-dealkylation sites (tertiary alicyclic amines) is 1. The lowest BCUT2D eigenvalue weighted by molar-refractivity contribution is -0.129. The van der Waals surface area contributed by atoms with Crippen molar-refractivity contribution in [2.24, 2.45) is 0 Å². The molecule has 0 saturated carbocycles. The van der Waals surface area contributed by atoms with E-state index >= 15 is 0 Å². The monoisotopic (exact) mass is 436 g/mol. The predicted octanol–water partition coefficient (Wildman–Crippen LogP) is 3.87. The van der Waals surface area contributed by atoms with E-state index in [0.717, 1.165) is 35.9 Å². The minimum absolute atomic E-state index is 0.126. The summed E-state index contributed by atoms with van der Waals surface area (Å²) in [6.07, 6.45) is 7.36. The molecular weight excluding hydrogens is 408 g/mol. The van der Waals surface area contributed by atoms with Crippen molar-refractivity contribution in [3.05, 3.63) is 60.2 Å². The van der Waals surface area contributed by atoms with Crippen LogP contribution in [0, 0.1) is 0 Å². The van der Waals surface area contributed by atoms with Crippen molar-refractivity contribution in [2.75, 3.05) is 24.6 Å². The Labute approximate surface area is 187 Å². The minimum atomic E-state index is 0.126. The number of carbonyl (C=O) groups excluding carboxylic acids is 1. The van der Waals surface area contributed by atoms with E-state index in [0.29, 0.717) is 18.2 Å². The lowest BCUT2D eigenvalue weighted by atomic mass is 9.94. The van der Waals surface area contributed by atoms with Crippen molar-refractivity contribution < 1.29 is 4.79 Å². The average Bonchev–Trinajstić information content (AvgIpc) is 3.26. The van der Waals surface area contributed by atoms with Crippen molar-refractivity contribution in [2.45, 2.75) is 43.7 Å². The van der Waals surface area contributed by atoms with Crippen LogP contribution in [-0.4, -0.2) is 49.2 Å². The Bertz CT molecular complexity index is 1030. The summed E-state index contributed by atoms with van der Waals surface area (Å²) in [7, 11) is 0. The second-order valence-electron chi connectivity index (χ2n) is 8.13. The topological polar surface area (TPSA) is 89.9 Å². The SMILES string of the molecule is CC(C)c1ccc(-n2ccnc2SCC(=O)N2CCCC(c3ccnc(N)n3)C2)cc1. The molecule has 0 bridgehead atoms. The smallest absolute Gasteiger partial charge is 0.233 e. The van der Waals surface area contributed by atoms with Crippen LogP contribution in [0.2, 0.25) is 0 Å². The van der Waals surface area contributed by atoms with Gasteiger partial charge < -0.3 is 10.6 Å². The lowest BCUT2D eigenvalue weighted by Gasteiger charge is -2.32. The molecule has 7 nitrogen and oxygen atoms in total. The molecule has 1 saturated heterocycles. The van der Waals surface area contributed by atoms with Crippen LogP contribution in [0.4, 0.5) is 5.95 Å². The van der Waals surface area contributed by atoms with Gasteiger partial charge in [-0.15, -0.1) is 0 Å². The Kier molecular flexibility index (Phi) is 6.56. The van der Waals surface area contributed by atoms with Gasteiger partial charge in [-0.3, -0.25) is 9.36 Å². The second kappa shape index (κ2) is 9.51. The Morgan fingerprint density at radius 3 is 2.74 bits per heavy atom. The molecule has 4 rings (SSSR count). The number of piperidine rings is 1. The number of nitrogens with zero attached hydrogens (tertiary/aromatic N) is 5. The third kappa shape index (κ3) is 5.07. The number of rotatable bonds is 6. The highest BCUT2D eigenvalue weighted by Crippen LogP contribution is 2.27. The maximum Gasteiger partial charge on any atom is 0.233 e. The van der Waals surface area contributed by atoms with E-state index in [4.69, 9.17) is 5.73 Å². The third-order valence-electron chi connectivity index (χ3n) is 5.66. The number of nitrogens with two attached hydrogens (primary N) is 1. The van der Waals surface area contributed by atoms with Crippen molar-refractivity contribution in [3.63, 3.8) is 0 Å². The molecular formula is C23H28N6OS. The molecule has 0 radical (unpaired) electrons. The zero-order valence-electron chi connectivity index (χ0n) is 17.9. The maximum atomic E-state index is 12.9. The first-order valence-corrected chi connectivity index (χ1v) is 11.6. The van der Waals surface area contributed by atoms with E-state index in [9.17, 15) is 4.79 Å². The zero-order chi connectivity index (χ0) is 21.8. The number of hydrogen-bond donors (Lipinski definition) is 1. The van der Waals surface area contributed by atoms with Gasteiger partial charge in [-0.2, -0.15) is 0 Å². The van der Waals surface area contributed by atoms with Crippen LogP contribution in [-0.2, 0) is 4.79 Å². The van der Waals surface area contributed by atoms with Crippen LogP contribution in [0.1, 0.15) is 49.8 Å². The number of aromatic nitrogens is 4. The van der Waals surface area contributed by atoms with Crippen molar-refractivity contribution in [3.8, 4) is 5.69 Å². The Hall–Kier alpha value is -2.87. The molecule has 1 fully saturated rings. The molecule has 1 aliphatic rings. The fourth-order valence-electron chi connectivity index (χ4n) is 3.89. The first-order valence-electron chi connectivity index (χ1n) is 10.6. The number of nitrogen functional groups attached to an aromatic ring is 1. The maximum absolute atomic E-state index is 12.9. The number of imidazole rings is 1. The molecule has 1 aliphatic heterocycles. The standard InChI is InChI=1S/C23H28N6OS/c1-16(2)17-5-7-19(8-6-17)29-13-11-26-23(29)31-15-21(30)28-12-3-4-18(14-28)20-9-10-25-22(24)27-20/h5-11,13,16,18H,3-4,12,14-15H2,1-2H3,(H2,24,25,27). The normalized spacial score (nSPS) is 16.6. The summed E-state index contributed by atoms with van der Waals surface area (Å²) in [4.78, 5) is 27.6. The van der Waals surface area contributed by atoms with Crippen LogP contribution in [0.25, 0.3) is 5.69 Å². The number of carbonyl (C=O) groups is 1. The Balaban J connectivity index is 1.38. The van der Waals surface area contributed by atoms with Gasteiger partial charge in [-0.1, -0.05) is 37.7 Å². The summed E-state index contributed by atoms with van der Waals surface area (Å²) in [5.74, 6) is 1.47. The lowest BCUT2D eigenvalue weighted by Crippen LogP contribution is -2.40. The number of thioether (sulfide) groups is 1. The number of amides is 1. The predicted molar refractivity (Wildman–Crippen MR) is 123 cm³/mol. The number of hydrogen-bond acceptors (Lipinski definition) is 6. The first-order chi connectivity index (χ1) is 15.0.